The van der Waals surface area contributed by atoms with E-state index in [0.717, 1.165) is 70.6 Å². The van der Waals surface area contributed by atoms with Crippen LogP contribution in [0.15, 0.2) is 36.5 Å². The van der Waals surface area contributed by atoms with Crippen LogP contribution in [0.5, 0.6) is 0 Å². The van der Waals surface area contributed by atoms with E-state index in [4.69, 9.17) is 24.3 Å². The van der Waals surface area contributed by atoms with Gasteiger partial charge in [0.15, 0.2) is 6.10 Å². The van der Waals surface area contributed by atoms with E-state index in [9.17, 15) is 19.0 Å². The third-order valence-electron chi connectivity index (χ3n) is 14.8. The van der Waals surface area contributed by atoms with Crippen LogP contribution < -0.4 is 5.73 Å². The highest BCUT2D eigenvalue weighted by Crippen LogP contribution is 2.43. The molecule has 0 amide bonds. The molecule has 0 aliphatic rings. The van der Waals surface area contributed by atoms with Gasteiger partial charge in [0.1, 0.15) is 6.61 Å². The van der Waals surface area contributed by atoms with Crippen LogP contribution in [0.4, 0.5) is 0 Å². The third kappa shape index (κ3) is 61.4. The lowest BCUT2D eigenvalue weighted by Crippen LogP contribution is -2.29. The maximum absolute atomic E-state index is 12.7. The first kappa shape index (κ1) is 74.2. The fourth-order valence-electron chi connectivity index (χ4n) is 9.88. The highest BCUT2D eigenvalue weighted by atomic mass is 31.2. The van der Waals surface area contributed by atoms with Gasteiger partial charge in [0.2, 0.25) is 0 Å². The Morgan fingerprint density at radius 3 is 1.04 bits per heavy atom. The molecule has 76 heavy (non-hydrogen) atoms. The molecule has 0 saturated heterocycles. The van der Waals surface area contributed by atoms with Crippen molar-refractivity contribution in [1.82, 2.24) is 0 Å². The summed E-state index contributed by atoms with van der Waals surface area (Å²) in [7, 11) is -4.39. The summed E-state index contributed by atoms with van der Waals surface area (Å²) in [6.07, 6.45) is 76.8. The average Bonchev–Trinajstić information content (AvgIpc) is 3.41. The molecule has 0 aromatic carbocycles. The molecule has 0 spiro atoms. The summed E-state index contributed by atoms with van der Waals surface area (Å²) < 4.78 is 33.1. The molecule has 10 heteroatoms. The average molecular weight is 1090 g/mol. The van der Waals surface area contributed by atoms with Gasteiger partial charge in [-0.25, -0.2) is 4.57 Å². The molecule has 448 valence electrons. The van der Waals surface area contributed by atoms with Crippen LogP contribution in [0.25, 0.3) is 0 Å². The molecule has 0 aliphatic carbocycles. The Balaban J connectivity index is 3.79. The first-order chi connectivity index (χ1) is 37.3. The first-order valence-corrected chi connectivity index (χ1v) is 34.5. The third-order valence-corrected chi connectivity index (χ3v) is 15.8. The zero-order valence-corrected chi connectivity index (χ0v) is 51.2. The second kappa shape index (κ2) is 62.4. The van der Waals surface area contributed by atoms with Crippen molar-refractivity contribution in [2.45, 2.75) is 347 Å². The molecule has 0 rings (SSSR count). The van der Waals surface area contributed by atoms with Gasteiger partial charge in [-0.05, 0) is 51.4 Å². The van der Waals surface area contributed by atoms with Crippen molar-refractivity contribution in [3.63, 3.8) is 0 Å². The lowest BCUT2D eigenvalue weighted by atomic mass is 10.0. The van der Waals surface area contributed by atoms with Crippen LogP contribution in [-0.2, 0) is 32.7 Å². The minimum Gasteiger partial charge on any atom is -0.462 e. The van der Waals surface area contributed by atoms with Crippen LogP contribution in [0.2, 0.25) is 0 Å². The van der Waals surface area contributed by atoms with E-state index >= 15 is 0 Å². The largest absolute Gasteiger partial charge is 0.472 e. The maximum Gasteiger partial charge on any atom is 0.472 e. The Morgan fingerprint density at radius 2 is 0.684 bits per heavy atom. The second-order valence-electron chi connectivity index (χ2n) is 22.3. The predicted octanol–water partition coefficient (Wildman–Crippen LogP) is 21.1. The number of carbonyl (C=O) groups is 2. The molecule has 0 saturated carbocycles. The minimum absolute atomic E-state index is 0.0519. The van der Waals surface area contributed by atoms with E-state index < -0.39 is 26.5 Å². The number of phosphoric acid groups is 1. The van der Waals surface area contributed by atoms with Gasteiger partial charge in [0.05, 0.1) is 13.2 Å². The minimum atomic E-state index is -4.39. The number of hydrogen-bond donors (Lipinski definition) is 2. The van der Waals surface area contributed by atoms with E-state index in [-0.39, 0.29) is 38.6 Å². The fraction of sp³-hybridized carbons (Fsp3) is 0.879. The molecule has 2 atom stereocenters. The molecule has 9 nitrogen and oxygen atoms in total. The van der Waals surface area contributed by atoms with Crippen molar-refractivity contribution < 1.29 is 37.6 Å². The van der Waals surface area contributed by atoms with E-state index in [1.165, 1.54) is 238 Å². The van der Waals surface area contributed by atoms with Gasteiger partial charge < -0.3 is 20.1 Å². The van der Waals surface area contributed by atoms with Crippen molar-refractivity contribution in [3.05, 3.63) is 36.5 Å². The Labute approximate surface area is 471 Å². The van der Waals surface area contributed by atoms with Crippen LogP contribution in [0.3, 0.4) is 0 Å². The van der Waals surface area contributed by atoms with Crippen molar-refractivity contribution in [2.24, 2.45) is 5.73 Å². The van der Waals surface area contributed by atoms with Crippen molar-refractivity contribution in [3.8, 4) is 0 Å². The maximum atomic E-state index is 12.7. The topological polar surface area (TPSA) is 134 Å². The summed E-state index contributed by atoms with van der Waals surface area (Å²) in [6.45, 7) is 3.75. The Hall–Kier alpha value is -1.77. The summed E-state index contributed by atoms with van der Waals surface area (Å²) in [5, 5.41) is 0. The van der Waals surface area contributed by atoms with E-state index in [1.54, 1.807) is 0 Å². The van der Waals surface area contributed by atoms with Gasteiger partial charge in [0, 0.05) is 19.4 Å². The fourth-order valence-corrected chi connectivity index (χ4v) is 10.6. The normalized spacial score (nSPS) is 13.2. The van der Waals surface area contributed by atoms with Gasteiger partial charge >= 0.3 is 19.8 Å². The summed E-state index contributed by atoms with van der Waals surface area (Å²) in [5.74, 6) is -0.827. The summed E-state index contributed by atoms with van der Waals surface area (Å²) in [5.41, 5.74) is 5.39. The standard InChI is InChI=1S/C66H126NO8P/c1-3-5-7-9-11-13-15-17-19-21-23-24-25-26-27-28-29-30-31-32-33-34-35-36-37-38-39-41-42-44-46-48-50-52-54-56-58-65(68)72-62-64(63-74-76(70,71)73-61-60-67)75-66(69)59-57-55-53-51-49-47-45-43-40-22-20-18-16-14-12-10-8-6-4-2/h12,14,18,20,40,43,64H,3-11,13,15-17,19,21-39,41-42,44-63,67H2,1-2H3,(H,70,71)/b14-12-,20-18-,43-40-. The number of allylic oxidation sites excluding steroid dienone is 6. The SMILES string of the molecule is CCCCC/C=C\C/C=C\C/C=C\CCCCCCCCC(=O)OC(COC(=O)CCCCCCCCCCCCCCCCCCCCCCCCCCCCCCCCCCCCCC)COP(=O)(O)OCCN. The quantitative estimate of drug-likeness (QED) is 0.0264. The molecule has 0 radical (unpaired) electrons. The Kier molecular flexibility index (Phi) is 61.0. The molecule has 0 bridgehead atoms. The van der Waals surface area contributed by atoms with Gasteiger partial charge in [-0.3, -0.25) is 18.6 Å². The van der Waals surface area contributed by atoms with Gasteiger partial charge in [-0.15, -0.1) is 0 Å². The molecule has 0 aromatic rings. The van der Waals surface area contributed by atoms with Crippen molar-refractivity contribution in [2.75, 3.05) is 26.4 Å². The first-order valence-electron chi connectivity index (χ1n) is 33.0. The second-order valence-corrected chi connectivity index (χ2v) is 23.8. The molecule has 0 fully saturated rings. The van der Waals surface area contributed by atoms with Crippen molar-refractivity contribution >= 4 is 19.8 Å². The molecule has 0 aliphatic heterocycles. The molecule has 0 heterocycles. The van der Waals surface area contributed by atoms with Crippen molar-refractivity contribution in [1.29, 1.82) is 0 Å². The smallest absolute Gasteiger partial charge is 0.462 e. The molecule has 0 aromatic heterocycles. The van der Waals surface area contributed by atoms with Crippen LogP contribution in [0, 0.1) is 0 Å². The van der Waals surface area contributed by atoms with Crippen LogP contribution in [0.1, 0.15) is 341 Å². The number of hydrogen-bond acceptors (Lipinski definition) is 8. The number of unbranched alkanes of at least 4 members (excludes halogenated alkanes) is 44. The number of esters is 2. The lowest BCUT2D eigenvalue weighted by Gasteiger charge is -2.19. The molecular formula is C66H126NO8P. The number of rotatable bonds is 63. The number of nitrogens with two attached hydrogens (primary N) is 1. The highest BCUT2D eigenvalue weighted by molar-refractivity contribution is 7.47. The summed E-state index contributed by atoms with van der Waals surface area (Å²) in [4.78, 5) is 35.2. The zero-order chi connectivity index (χ0) is 55.2. The van der Waals surface area contributed by atoms with Gasteiger partial charge in [-0.2, -0.15) is 0 Å². The van der Waals surface area contributed by atoms with E-state index in [0.29, 0.717) is 6.42 Å². The Morgan fingerprint density at radius 1 is 0.395 bits per heavy atom. The van der Waals surface area contributed by atoms with Gasteiger partial charge in [0.25, 0.3) is 0 Å². The predicted molar refractivity (Wildman–Crippen MR) is 326 cm³/mol. The number of phosphoric ester groups is 1. The lowest BCUT2D eigenvalue weighted by molar-refractivity contribution is -0.161. The van der Waals surface area contributed by atoms with Crippen LogP contribution >= 0.6 is 7.82 Å². The summed E-state index contributed by atoms with van der Waals surface area (Å²) in [6, 6.07) is 0. The molecule has 3 N–H and O–H groups in total. The van der Waals surface area contributed by atoms with E-state index in [1.807, 2.05) is 0 Å². The molecule has 2 unspecified atom stereocenters. The summed E-state index contributed by atoms with van der Waals surface area (Å²) >= 11 is 0. The van der Waals surface area contributed by atoms with Crippen LogP contribution in [-0.4, -0.2) is 49.3 Å². The van der Waals surface area contributed by atoms with E-state index in [2.05, 4.69) is 50.3 Å². The molecular weight excluding hydrogens is 966 g/mol. The number of ether oxygens (including phenoxy) is 2. The number of carbonyl (C=O) groups excluding carboxylic acids is 2. The monoisotopic (exact) mass is 1090 g/mol. The Bertz CT molecular complexity index is 1340. The highest BCUT2D eigenvalue weighted by Gasteiger charge is 2.26. The van der Waals surface area contributed by atoms with Gasteiger partial charge in [-0.1, -0.05) is 314 Å². The zero-order valence-electron chi connectivity index (χ0n) is 50.3.